The van der Waals surface area contributed by atoms with E-state index in [1.165, 1.54) is 5.56 Å². The molecule has 1 aliphatic heterocycles. The van der Waals surface area contributed by atoms with Crippen molar-refractivity contribution in [2.24, 2.45) is 0 Å². The summed E-state index contributed by atoms with van der Waals surface area (Å²) in [6.07, 6.45) is 1.83. The summed E-state index contributed by atoms with van der Waals surface area (Å²) in [6, 6.07) is 6.35. The van der Waals surface area contributed by atoms with Crippen LogP contribution in [0.15, 0.2) is 29.8 Å². The summed E-state index contributed by atoms with van der Waals surface area (Å²) in [7, 11) is 0. The standard InChI is InChI=1S/C14H16N2O2S/c1-10(16-9-14-15-4-7-19-14)11-2-3-12-13(8-11)18-6-5-17-12/h2-4,7-8,10,16H,5-6,9H2,1H3. The van der Waals surface area contributed by atoms with Gasteiger partial charge in [0.05, 0.1) is 0 Å². The van der Waals surface area contributed by atoms with Crippen molar-refractivity contribution in [2.75, 3.05) is 13.2 Å². The molecule has 1 aliphatic rings. The van der Waals surface area contributed by atoms with Crippen LogP contribution in [-0.2, 0) is 6.54 Å². The zero-order valence-electron chi connectivity index (χ0n) is 10.8. The first-order valence-corrected chi connectivity index (χ1v) is 7.22. The Kier molecular flexibility index (Phi) is 3.66. The van der Waals surface area contributed by atoms with E-state index in [1.807, 2.05) is 23.7 Å². The molecule has 1 aromatic carbocycles. The average molecular weight is 276 g/mol. The summed E-state index contributed by atoms with van der Waals surface area (Å²) in [4.78, 5) is 4.26. The average Bonchev–Trinajstić information content (AvgIpc) is 2.97. The summed E-state index contributed by atoms with van der Waals surface area (Å²) < 4.78 is 11.1. The minimum atomic E-state index is 0.250. The third-order valence-corrected chi connectivity index (χ3v) is 3.89. The molecule has 3 rings (SSSR count). The molecule has 100 valence electrons. The minimum absolute atomic E-state index is 0.250. The van der Waals surface area contributed by atoms with Gasteiger partial charge in [0, 0.05) is 24.2 Å². The van der Waals surface area contributed by atoms with Crippen LogP contribution in [0.1, 0.15) is 23.5 Å². The van der Waals surface area contributed by atoms with Gasteiger partial charge in [0.15, 0.2) is 11.5 Å². The molecular formula is C14H16N2O2S. The second-order valence-electron chi connectivity index (χ2n) is 4.43. The maximum Gasteiger partial charge on any atom is 0.161 e. The van der Waals surface area contributed by atoms with Gasteiger partial charge in [-0.25, -0.2) is 4.98 Å². The normalized spacial score (nSPS) is 15.2. The number of fused-ring (bicyclic) bond motifs is 1. The van der Waals surface area contributed by atoms with E-state index in [9.17, 15) is 0 Å². The highest BCUT2D eigenvalue weighted by atomic mass is 32.1. The van der Waals surface area contributed by atoms with Crippen molar-refractivity contribution in [1.82, 2.24) is 10.3 Å². The number of hydrogen-bond acceptors (Lipinski definition) is 5. The van der Waals surface area contributed by atoms with E-state index >= 15 is 0 Å². The van der Waals surface area contributed by atoms with Crippen LogP contribution < -0.4 is 14.8 Å². The number of ether oxygens (including phenoxy) is 2. The third-order valence-electron chi connectivity index (χ3n) is 3.11. The number of hydrogen-bond donors (Lipinski definition) is 1. The zero-order chi connectivity index (χ0) is 13.1. The Balaban J connectivity index is 1.67. The highest BCUT2D eigenvalue weighted by molar-refractivity contribution is 7.09. The molecule has 19 heavy (non-hydrogen) atoms. The lowest BCUT2D eigenvalue weighted by molar-refractivity contribution is 0.171. The lowest BCUT2D eigenvalue weighted by Crippen LogP contribution is -2.19. The molecular weight excluding hydrogens is 260 g/mol. The lowest BCUT2D eigenvalue weighted by atomic mass is 10.1. The molecule has 1 aromatic heterocycles. The molecule has 0 saturated carbocycles. The molecule has 0 radical (unpaired) electrons. The van der Waals surface area contributed by atoms with Crippen molar-refractivity contribution in [3.63, 3.8) is 0 Å². The van der Waals surface area contributed by atoms with Gasteiger partial charge in [0.1, 0.15) is 18.2 Å². The molecule has 0 amide bonds. The third kappa shape index (κ3) is 2.88. The Bertz CT molecular complexity index is 542. The fourth-order valence-corrected chi connectivity index (χ4v) is 2.59. The van der Waals surface area contributed by atoms with E-state index in [-0.39, 0.29) is 6.04 Å². The Morgan fingerprint density at radius 2 is 2.16 bits per heavy atom. The van der Waals surface area contributed by atoms with Gasteiger partial charge in [0.2, 0.25) is 0 Å². The largest absolute Gasteiger partial charge is 0.486 e. The maximum atomic E-state index is 5.60. The monoisotopic (exact) mass is 276 g/mol. The Labute approximate surface area is 116 Å². The Morgan fingerprint density at radius 3 is 2.95 bits per heavy atom. The SMILES string of the molecule is CC(NCc1nccs1)c1ccc2c(c1)OCCO2. The van der Waals surface area contributed by atoms with Gasteiger partial charge in [-0.05, 0) is 24.6 Å². The van der Waals surface area contributed by atoms with Gasteiger partial charge in [-0.1, -0.05) is 6.07 Å². The Morgan fingerprint density at radius 1 is 1.32 bits per heavy atom. The van der Waals surface area contributed by atoms with Crippen molar-refractivity contribution in [2.45, 2.75) is 19.5 Å². The van der Waals surface area contributed by atoms with Crippen LogP contribution in [0.2, 0.25) is 0 Å². The first-order chi connectivity index (χ1) is 9.33. The number of nitrogens with one attached hydrogen (secondary N) is 1. The van der Waals surface area contributed by atoms with Crippen LogP contribution in [0, 0.1) is 0 Å². The summed E-state index contributed by atoms with van der Waals surface area (Å²) in [6.45, 7) is 4.17. The molecule has 1 N–H and O–H groups in total. The number of aromatic nitrogens is 1. The number of rotatable bonds is 4. The molecule has 1 atom stereocenters. The first kappa shape index (κ1) is 12.4. The molecule has 5 heteroatoms. The van der Waals surface area contributed by atoms with Crippen molar-refractivity contribution in [3.8, 4) is 11.5 Å². The quantitative estimate of drug-likeness (QED) is 0.932. The van der Waals surface area contributed by atoms with Crippen LogP contribution in [-0.4, -0.2) is 18.2 Å². The Hall–Kier alpha value is -1.59. The van der Waals surface area contributed by atoms with Gasteiger partial charge in [-0.2, -0.15) is 0 Å². The van der Waals surface area contributed by atoms with E-state index in [1.54, 1.807) is 11.3 Å². The molecule has 0 saturated heterocycles. The summed E-state index contributed by atoms with van der Waals surface area (Å²) in [5.74, 6) is 1.67. The smallest absolute Gasteiger partial charge is 0.161 e. The topological polar surface area (TPSA) is 43.4 Å². The molecule has 0 aliphatic carbocycles. The number of thiazole rings is 1. The summed E-state index contributed by atoms with van der Waals surface area (Å²) >= 11 is 1.66. The summed E-state index contributed by atoms with van der Waals surface area (Å²) in [5, 5.41) is 6.55. The second-order valence-corrected chi connectivity index (χ2v) is 5.41. The fourth-order valence-electron chi connectivity index (χ4n) is 2.03. The van der Waals surface area contributed by atoms with Gasteiger partial charge in [0.25, 0.3) is 0 Å². The second kappa shape index (κ2) is 5.59. The van der Waals surface area contributed by atoms with Crippen LogP contribution >= 0.6 is 11.3 Å². The molecule has 0 bridgehead atoms. The summed E-state index contributed by atoms with van der Waals surface area (Å²) in [5.41, 5.74) is 1.20. The van der Waals surface area contributed by atoms with Crippen LogP contribution in [0.3, 0.4) is 0 Å². The van der Waals surface area contributed by atoms with Crippen LogP contribution in [0.25, 0.3) is 0 Å². The van der Waals surface area contributed by atoms with Crippen molar-refractivity contribution < 1.29 is 9.47 Å². The van der Waals surface area contributed by atoms with E-state index in [4.69, 9.17) is 9.47 Å². The predicted molar refractivity (Wildman–Crippen MR) is 74.8 cm³/mol. The molecule has 0 fully saturated rings. The number of nitrogens with zero attached hydrogens (tertiary/aromatic N) is 1. The van der Waals surface area contributed by atoms with Gasteiger partial charge in [-0.3, -0.25) is 0 Å². The molecule has 4 nitrogen and oxygen atoms in total. The minimum Gasteiger partial charge on any atom is -0.486 e. The highest BCUT2D eigenvalue weighted by Crippen LogP contribution is 2.32. The molecule has 2 aromatic rings. The van der Waals surface area contributed by atoms with Crippen molar-refractivity contribution >= 4 is 11.3 Å². The molecule has 1 unspecified atom stereocenters. The van der Waals surface area contributed by atoms with E-state index in [2.05, 4.69) is 23.3 Å². The predicted octanol–water partition coefficient (Wildman–Crippen LogP) is 2.77. The van der Waals surface area contributed by atoms with Crippen molar-refractivity contribution in [1.29, 1.82) is 0 Å². The zero-order valence-corrected chi connectivity index (χ0v) is 11.6. The van der Waals surface area contributed by atoms with Gasteiger partial charge >= 0.3 is 0 Å². The van der Waals surface area contributed by atoms with E-state index in [0.717, 1.165) is 23.1 Å². The molecule has 0 spiro atoms. The highest BCUT2D eigenvalue weighted by Gasteiger charge is 2.14. The number of benzene rings is 1. The van der Waals surface area contributed by atoms with Crippen LogP contribution in [0.4, 0.5) is 0 Å². The van der Waals surface area contributed by atoms with Crippen molar-refractivity contribution in [3.05, 3.63) is 40.3 Å². The van der Waals surface area contributed by atoms with Crippen LogP contribution in [0.5, 0.6) is 11.5 Å². The van der Waals surface area contributed by atoms with E-state index < -0.39 is 0 Å². The van der Waals surface area contributed by atoms with Gasteiger partial charge < -0.3 is 14.8 Å². The van der Waals surface area contributed by atoms with E-state index in [0.29, 0.717) is 13.2 Å². The first-order valence-electron chi connectivity index (χ1n) is 6.34. The fraction of sp³-hybridized carbons (Fsp3) is 0.357. The molecule has 2 heterocycles. The lowest BCUT2D eigenvalue weighted by Gasteiger charge is -2.21. The maximum absolute atomic E-state index is 5.60. The van der Waals surface area contributed by atoms with Gasteiger partial charge in [-0.15, -0.1) is 11.3 Å².